The molecule has 2 aromatic carbocycles. The summed E-state index contributed by atoms with van der Waals surface area (Å²) < 4.78 is 0. The Bertz CT molecular complexity index is 474. The third-order valence-electron chi connectivity index (χ3n) is 2.77. The molecule has 0 heterocycles. The lowest BCUT2D eigenvalue weighted by molar-refractivity contribution is 1.12. The van der Waals surface area contributed by atoms with Crippen molar-refractivity contribution >= 4 is 20.8 Å². The Morgan fingerprint density at radius 1 is 0.941 bits per heavy atom. The molecule has 0 aliphatic rings. The first-order valence-electron chi connectivity index (χ1n) is 5.89. The van der Waals surface area contributed by atoms with Crippen LogP contribution < -0.4 is 5.19 Å². The summed E-state index contributed by atoms with van der Waals surface area (Å²) >= 11 is 0. The van der Waals surface area contributed by atoms with Crippen molar-refractivity contribution in [2.45, 2.75) is 12.5 Å². The normalized spacial score (nSPS) is 10.1. The zero-order chi connectivity index (χ0) is 11.9. The molecule has 0 aliphatic heterocycles. The molecule has 0 aromatic heterocycles. The van der Waals surface area contributed by atoms with Gasteiger partial charge in [-0.3, -0.25) is 0 Å². The molecule has 84 valence electrons. The summed E-state index contributed by atoms with van der Waals surface area (Å²) in [6, 6.07) is 20.4. The number of benzene rings is 2. The van der Waals surface area contributed by atoms with Gasteiger partial charge in [-0.25, -0.2) is 0 Å². The number of hydrogen-bond acceptors (Lipinski definition) is 0. The van der Waals surface area contributed by atoms with Crippen LogP contribution in [0.15, 0.2) is 61.2 Å². The van der Waals surface area contributed by atoms with Crippen LogP contribution in [0, 0.1) is 0 Å². The van der Waals surface area contributed by atoms with E-state index in [2.05, 4.69) is 61.2 Å². The van der Waals surface area contributed by atoms with Gasteiger partial charge in [0.1, 0.15) is 0 Å². The average Bonchev–Trinajstić information content (AvgIpc) is 2.40. The fourth-order valence-electron chi connectivity index (χ4n) is 1.86. The zero-order valence-corrected chi connectivity index (χ0v) is 10.9. The first-order valence-corrected chi connectivity index (χ1v) is 7.10. The van der Waals surface area contributed by atoms with Gasteiger partial charge in [0.15, 0.2) is 0 Å². The van der Waals surface area contributed by atoms with Gasteiger partial charge in [-0.2, -0.15) is 0 Å². The van der Waals surface area contributed by atoms with Crippen LogP contribution in [-0.4, -0.2) is 9.52 Å². The average molecular weight is 236 g/mol. The van der Waals surface area contributed by atoms with E-state index in [0.717, 1.165) is 15.9 Å². The quantitative estimate of drug-likeness (QED) is 0.699. The highest BCUT2D eigenvalue weighted by Crippen LogP contribution is 2.12. The summed E-state index contributed by atoms with van der Waals surface area (Å²) in [5.41, 5.74) is 2.68. The van der Waals surface area contributed by atoms with Gasteiger partial charge in [0.2, 0.25) is 0 Å². The maximum atomic E-state index is 3.86. The van der Waals surface area contributed by atoms with Crippen molar-refractivity contribution in [3.63, 3.8) is 0 Å². The lowest BCUT2D eigenvalue weighted by Crippen LogP contribution is -2.13. The minimum atomic E-state index is 0.893. The minimum absolute atomic E-state index is 0.893. The van der Waals surface area contributed by atoms with E-state index in [1.807, 2.05) is 6.08 Å². The third-order valence-corrected chi connectivity index (χ3v) is 4.01. The Morgan fingerprint density at radius 2 is 1.65 bits per heavy atom. The van der Waals surface area contributed by atoms with E-state index in [1.165, 1.54) is 22.4 Å². The van der Waals surface area contributed by atoms with Crippen molar-refractivity contribution in [3.05, 3.63) is 72.3 Å². The van der Waals surface area contributed by atoms with Crippen molar-refractivity contribution in [2.75, 3.05) is 0 Å². The van der Waals surface area contributed by atoms with Crippen molar-refractivity contribution in [1.82, 2.24) is 0 Å². The minimum Gasteiger partial charge on any atom is -0.0985 e. The number of hydrogen-bond donors (Lipinski definition) is 0. The summed E-state index contributed by atoms with van der Waals surface area (Å²) in [5, 5.41) is 1.45. The highest BCUT2D eigenvalue weighted by atomic mass is 28.2. The molecule has 1 heteroatoms. The molecule has 0 amide bonds. The van der Waals surface area contributed by atoms with E-state index in [-0.39, 0.29) is 0 Å². The molecule has 0 fully saturated rings. The lowest BCUT2D eigenvalue weighted by atomic mass is 10.1. The van der Waals surface area contributed by atoms with Gasteiger partial charge >= 0.3 is 0 Å². The van der Waals surface area contributed by atoms with E-state index in [4.69, 9.17) is 0 Å². The summed E-state index contributed by atoms with van der Waals surface area (Å²) in [5.74, 6) is 0. The second kappa shape index (κ2) is 6.21. The smallest absolute Gasteiger partial charge is 0.0811 e. The molecule has 0 nitrogen and oxygen atoms in total. The Morgan fingerprint density at radius 3 is 2.41 bits per heavy atom. The van der Waals surface area contributed by atoms with Gasteiger partial charge in [-0.05, 0) is 17.5 Å². The predicted octanol–water partition coefficient (Wildman–Crippen LogP) is 3.32. The predicted molar refractivity (Wildman–Crippen MR) is 76.9 cm³/mol. The van der Waals surface area contributed by atoms with Gasteiger partial charge < -0.3 is 0 Å². The van der Waals surface area contributed by atoms with Crippen LogP contribution in [0.4, 0.5) is 0 Å². The van der Waals surface area contributed by atoms with E-state index in [1.54, 1.807) is 0 Å². The Kier molecular flexibility index (Phi) is 4.34. The highest BCUT2D eigenvalue weighted by molar-refractivity contribution is 6.53. The number of rotatable bonds is 5. The SMILES string of the molecule is C=Cc1ccccc1CC[Si]c1ccccc1. The maximum absolute atomic E-state index is 3.86. The molecule has 0 atom stereocenters. The van der Waals surface area contributed by atoms with Crippen LogP contribution in [-0.2, 0) is 6.42 Å². The molecule has 0 bridgehead atoms. The van der Waals surface area contributed by atoms with Crippen LogP contribution in [0.25, 0.3) is 6.08 Å². The van der Waals surface area contributed by atoms with Gasteiger partial charge in [-0.15, -0.1) is 0 Å². The molecular weight excluding hydrogens is 220 g/mol. The molecule has 0 aliphatic carbocycles. The zero-order valence-electron chi connectivity index (χ0n) is 9.89. The fraction of sp³-hybridized carbons (Fsp3) is 0.125. The van der Waals surface area contributed by atoms with E-state index in [0.29, 0.717) is 0 Å². The lowest BCUT2D eigenvalue weighted by Gasteiger charge is -2.05. The van der Waals surface area contributed by atoms with Crippen LogP contribution in [0.2, 0.25) is 6.04 Å². The molecule has 2 aromatic rings. The van der Waals surface area contributed by atoms with E-state index >= 15 is 0 Å². The van der Waals surface area contributed by atoms with Gasteiger partial charge in [0.25, 0.3) is 0 Å². The summed E-state index contributed by atoms with van der Waals surface area (Å²) in [4.78, 5) is 0. The van der Waals surface area contributed by atoms with Crippen LogP contribution in [0.3, 0.4) is 0 Å². The molecule has 0 unspecified atom stereocenters. The van der Waals surface area contributed by atoms with E-state index in [9.17, 15) is 0 Å². The summed E-state index contributed by atoms with van der Waals surface area (Å²) in [7, 11) is 0.893. The first-order chi connectivity index (χ1) is 8.40. The molecule has 2 radical (unpaired) electrons. The molecule has 0 N–H and O–H groups in total. The second-order valence-electron chi connectivity index (χ2n) is 3.95. The molecule has 0 saturated carbocycles. The molecule has 2 rings (SSSR count). The highest BCUT2D eigenvalue weighted by Gasteiger charge is 1.99. The standard InChI is InChI=1S/C16H16Si/c1-2-14-8-6-7-9-15(14)12-13-17-16-10-4-3-5-11-16/h2-11H,1,12-13H2. The van der Waals surface area contributed by atoms with Crippen LogP contribution in [0.5, 0.6) is 0 Å². The Labute approximate surface area is 106 Å². The number of aryl methyl sites for hydroxylation is 1. The summed E-state index contributed by atoms with van der Waals surface area (Å²) in [6.07, 6.45) is 3.08. The van der Waals surface area contributed by atoms with Crippen molar-refractivity contribution < 1.29 is 0 Å². The molecular formula is C16H16Si. The van der Waals surface area contributed by atoms with Gasteiger partial charge in [-0.1, -0.05) is 78.5 Å². The second-order valence-corrected chi connectivity index (χ2v) is 5.38. The molecule has 0 saturated heterocycles. The third kappa shape index (κ3) is 3.43. The Hall–Kier alpha value is -1.60. The van der Waals surface area contributed by atoms with E-state index < -0.39 is 0 Å². The van der Waals surface area contributed by atoms with Crippen LogP contribution >= 0.6 is 0 Å². The van der Waals surface area contributed by atoms with Crippen LogP contribution in [0.1, 0.15) is 11.1 Å². The molecule has 17 heavy (non-hydrogen) atoms. The van der Waals surface area contributed by atoms with Gasteiger partial charge in [0.05, 0.1) is 9.52 Å². The Balaban J connectivity index is 1.92. The first kappa shape index (κ1) is 11.9. The fourth-order valence-corrected chi connectivity index (χ4v) is 2.97. The monoisotopic (exact) mass is 236 g/mol. The van der Waals surface area contributed by atoms with Crippen molar-refractivity contribution in [2.24, 2.45) is 0 Å². The topological polar surface area (TPSA) is 0 Å². The summed E-state index contributed by atoms with van der Waals surface area (Å²) in [6.45, 7) is 3.86. The van der Waals surface area contributed by atoms with Gasteiger partial charge in [0, 0.05) is 0 Å². The van der Waals surface area contributed by atoms with Crippen molar-refractivity contribution in [1.29, 1.82) is 0 Å². The van der Waals surface area contributed by atoms with Crippen molar-refractivity contribution in [3.8, 4) is 0 Å². The molecule has 0 spiro atoms. The maximum Gasteiger partial charge on any atom is 0.0811 e. The largest absolute Gasteiger partial charge is 0.0985 e.